The number of rotatable bonds is 4. The van der Waals surface area contributed by atoms with Gasteiger partial charge in [0.05, 0.1) is 12.6 Å². The molecule has 0 bridgehead atoms. The highest BCUT2D eigenvalue weighted by Crippen LogP contribution is 2.31. The third-order valence-electron chi connectivity index (χ3n) is 5.07. The molecule has 3 aromatic rings. The van der Waals surface area contributed by atoms with Crippen molar-refractivity contribution < 1.29 is 4.79 Å². The maximum absolute atomic E-state index is 13.1. The molecule has 0 saturated carbocycles. The number of aromatic nitrogens is 4. The summed E-state index contributed by atoms with van der Waals surface area (Å²) in [7, 11) is 1.91. The average molecular weight is 349 g/mol. The van der Waals surface area contributed by atoms with E-state index in [1.54, 1.807) is 6.33 Å². The molecule has 1 unspecified atom stereocenters. The predicted molar refractivity (Wildman–Crippen MR) is 98.6 cm³/mol. The molecule has 0 N–H and O–H groups in total. The highest BCUT2D eigenvalue weighted by Gasteiger charge is 2.32. The van der Waals surface area contributed by atoms with Crippen molar-refractivity contribution in [3.05, 3.63) is 72.1 Å². The van der Waals surface area contributed by atoms with E-state index in [2.05, 4.69) is 26.9 Å². The highest BCUT2D eigenvalue weighted by atomic mass is 16.2. The standard InChI is InChI=1S/C20H23N5O/c1-23-12-7-11-18(23)20(26)25-13-6-5-10-17(25)19-22-21-15-24(19)14-16-8-3-2-4-9-16/h2-4,7-9,11-12,15,17H,5-6,10,13-14H2,1H3. The molecule has 26 heavy (non-hydrogen) atoms. The van der Waals surface area contributed by atoms with Crippen LogP contribution in [0.4, 0.5) is 0 Å². The molecule has 6 heteroatoms. The monoisotopic (exact) mass is 349 g/mol. The van der Waals surface area contributed by atoms with Gasteiger partial charge in [-0.25, -0.2) is 0 Å². The Kier molecular flexibility index (Phi) is 4.56. The van der Waals surface area contributed by atoms with Gasteiger partial charge in [-0.15, -0.1) is 10.2 Å². The number of hydrogen-bond donors (Lipinski definition) is 0. The van der Waals surface area contributed by atoms with Crippen LogP contribution in [0, 0.1) is 0 Å². The Labute approximate surface area is 153 Å². The van der Waals surface area contributed by atoms with Crippen molar-refractivity contribution in [3.63, 3.8) is 0 Å². The van der Waals surface area contributed by atoms with Gasteiger partial charge in [0.25, 0.3) is 5.91 Å². The van der Waals surface area contributed by atoms with E-state index in [9.17, 15) is 4.79 Å². The number of nitrogens with zero attached hydrogens (tertiary/aromatic N) is 5. The van der Waals surface area contributed by atoms with Crippen LogP contribution in [-0.4, -0.2) is 36.7 Å². The Morgan fingerprint density at radius 3 is 2.77 bits per heavy atom. The van der Waals surface area contributed by atoms with E-state index in [1.807, 2.05) is 53.0 Å². The van der Waals surface area contributed by atoms with Crippen LogP contribution in [0.2, 0.25) is 0 Å². The Bertz CT molecular complexity index is 883. The van der Waals surface area contributed by atoms with E-state index < -0.39 is 0 Å². The lowest BCUT2D eigenvalue weighted by Crippen LogP contribution is -2.40. The van der Waals surface area contributed by atoms with Crippen LogP contribution >= 0.6 is 0 Å². The number of aryl methyl sites for hydroxylation is 1. The van der Waals surface area contributed by atoms with E-state index in [0.717, 1.165) is 31.6 Å². The Hall–Kier alpha value is -2.89. The summed E-state index contributed by atoms with van der Waals surface area (Å²) in [5, 5.41) is 8.52. The maximum Gasteiger partial charge on any atom is 0.271 e. The molecule has 1 saturated heterocycles. The second kappa shape index (κ2) is 7.15. The van der Waals surface area contributed by atoms with Crippen LogP contribution in [-0.2, 0) is 13.6 Å². The summed E-state index contributed by atoms with van der Waals surface area (Å²) >= 11 is 0. The predicted octanol–water partition coefficient (Wildman–Crippen LogP) is 3.03. The summed E-state index contributed by atoms with van der Waals surface area (Å²) < 4.78 is 3.94. The smallest absolute Gasteiger partial charge is 0.271 e. The summed E-state index contributed by atoms with van der Waals surface area (Å²) in [6.07, 6.45) is 6.72. The van der Waals surface area contributed by atoms with E-state index in [4.69, 9.17) is 0 Å². The topological polar surface area (TPSA) is 56.0 Å². The Morgan fingerprint density at radius 1 is 1.15 bits per heavy atom. The summed E-state index contributed by atoms with van der Waals surface area (Å²) in [5.74, 6) is 0.938. The van der Waals surface area contributed by atoms with Crippen LogP contribution in [0.5, 0.6) is 0 Å². The normalized spacial score (nSPS) is 17.4. The first-order chi connectivity index (χ1) is 12.7. The van der Waals surface area contributed by atoms with Crippen LogP contribution in [0.25, 0.3) is 0 Å². The zero-order valence-corrected chi connectivity index (χ0v) is 15.0. The second-order valence-corrected chi connectivity index (χ2v) is 6.82. The third kappa shape index (κ3) is 3.14. The van der Waals surface area contributed by atoms with Crippen molar-refractivity contribution in [2.24, 2.45) is 7.05 Å². The highest BCUT2D eigenvalue weighted by molar-refractivity contribution is 5.93. The quantitative estimate of drug-likeness (QED) is 0.727. The molecule has 134 valence electrons. The molecule has 1 aliphatic rings. The largest absolute Gasteiger partial charge is 0.347 e. The molecular formula is C20H23N5O. The second-order valence-electron chi connectivity index (χ2n) is 6.82. The first kappa shape index (κ1) is 16.6. The summed E-state index contributed by atoms with van der Waals surface area (Å²) in [5.41, 5.74) is 1.91. The van der Waals surface area contributed by atoms with E-state index in [0.29, 0.717) is 12.2 Å². The van der Waals surface area contributed by atoms with Crippen LogP contribution in [0.1, 0.15) is 47.2 Å². The van der Waals surface area contributed by atoms with Crippen molar-refractivity contribution in [2.45, 2.75) is 31.8 Å². The van der Waals surface area contributed by atoms with Gasteiger partial charge in [0.15, 0.2) is 5.82 Å². The molecule has 1 atom stereocenters. The molecule has 1 aliphatic heterocycles. The summed E-state index contributed by atoms with van der Waals surface area (Å²) in [6.45, 7) is 1.47. The average Bonchev–Trinajstić information content (AvgIpc) is 3.31. The molecule has 1 aromatic carbocycles. The molecular weight excluding hydrogens is 326 g/mol. The molecule has 6 nitrogen and oxygen atoms in total. The molecule has 3 heterocycles. The van der Waals surface area contributed by atoms with Gasteiger partial charge >= 0.3 is 0 Å². The number of piperidine rings is 1. The third-order valence-corrected chi connectivity index (χ3v) is 5.07. The van der Waals surface area contributed by atoms with Gasteiger partial charge in [-0.2, -0.15) is 0 Å². The van der Waals surface area contributed by atoms with E-state index in [-0.39, 0.29) is 11.9 Å². The van der Waals surface area contributed by atoms with Gasteiger partial charge in [0, 0.05) is 19.8 Å². The van der Waals surface area contributed by atoms with Gasteiger partial charge < -0.3 is 14.0 Å². The van der Waals surface area contributed by atoms with Gasteiger partial charge in [-0.3, -0.25) is 4.79 Å². The Balaban J connectivity index is 1.62. The lowest BCUT2D eigenvalue weighted by atomic mass is 10.0. The molecule has 1 fully saturated rings. The van der Waals surface area contributed by atoms with Crippen molar-refractivity contribution in [1.82, 2.24) is 24.2 Å². The number of carbonyl (C=O) groups is 1. The molecule has 1 amide bonds. The fourth-order valence-electron chi connectivity index (χ4n) is 3.70. The first-order valence-electron chi connectivity index (χ1n) is 9.08. The van der Waals surface area contributed by atoms with Gasteiger partial charge in [0.1, 0.15) is 12.0 Å². The van der Waals surface area contributed by atoms with Crippen molar-refractivity contribution >= 4 is 5.91 Å². The number of amides is 1. The van der Waals surface area contributed by atoms with Crippen LogP contribution in [0.15, 0.2) is 55.0 Å². The minimum atomic E-state index is -0.0302. The van der Waals surface area contributed by atoms with E-state index >= 15 is 0 Å². The lowest BCUT2D eigenvalue weighted by molar-refractivity contribution is 0.0585. The van der Waals surface area contributed by atoms with Crippen molar-refractivity contribution in [1.29, 1.82) is 0 Å². The maximum atomic E-state index is 13.1. The zero-order valence-electron chi connectivity index (χ0n) is 15.0. The molecule has 0 spiro atoms. The van der Waals surface area contributed by atoms with Gasteiger partial charge in [0.2, 0.25) is 0 Å². The molecule has 2 aromatic heterocycles. The number of carbonyl (C=O) groups excluding carboxylic acids is 1. The molecule has 0 aliphatic carbocycles. The molecule has 4 rings (SSSR count). The minimum absolute atomic E-state index is 0.0302. The van der Waals surface area contributed by atoms with Gasteiger partial charge in [-0.1, -0.05) is 30.3 Å². The fraction of sp³-hybridized carbons (Fsp3) is 0.350. The number of hydrogen-bond acceptors (Lipinski definition) is 3. The number of benzene rings is 1. The molecule has 0 radical (unpaired) electrons. The van der Waals surface area contributed by atoms with Crippen LogP contribution in [0.3, 0.4) is 0 Å². The Morgan fingerprint density at radius 2 is 2.00 bits per heavy atom. The first-order valence-corrected chi connectivity index (χ1v) is 9.08. The van der Waals surface area contributed by atoms with Crippen LogP contribution < -0.4 is 0 Å². The van der Waals surface area contributed by atoms with Gasteiger partial charge in [-0.05, 0) is 37.0 Å². The zero-order chi connectivity index (χ0) is 17.9. The minimum Gasteiger partial charge on any atom is -0.347 e. The fourth-order valence-corrected chi connectivity index (χ4v) is 3.70. The van der Waals surface area contributed by atoms with Crippen molar-refractivity contribution in [2.75, 3.05) is 6.54 Å². The van der Waals surface area contributed by atoms with Crippen molar-refractivity contribution in [3.8, 4) is 0 Å². The number of likely N-dealkylation sites (tertiary alicyclic amines) is 1. The summed E-state index contributed by atoms with van der Waals surface area (Å²) in [4.78, 5) is 15.1. The SMILES string of the molecule is Cn1cccc1C(=O)N1CCCCC1c1nncn1Cc1ccccc1. The summed E-state index contributed by atoms with van der Waals surface area (Å²) in [6, 6.07) is 14.0. The lowest BCUT2D eigenvalue weighted by Gasteiger charge is -2.35. The van der Waals surface area contributed by atoms with E-state index in [1.165, 1.54) is 5.56 Å².